The smallest absolute Gasteiger partial charge is 0.234 e. The maximum absolute atomic E-state index is 13.0. The molecule has 0 heterocycles. The molecular formula is C26H35N3O2. The average Bonchev–Trinajstić information content (AvgIpc) is 2.75. The Morgan fingerprint density at radius 1 is 1.06 bits per heavy atom. The molecule has 2 N–H and O–H groups in total. The molecule has 166 valence electrons. The molecule has 5 heteroatoms. The normalized spacial score (nSPS) is 19.6. The van der Waals surface area contributed by atoms with Crippen molar-refractivity contribution < 1.29 is 9.59 Å². The van der Waals surface area contributed by atoms with Crippen LogP contribution >= 0.6 is 0 Å². The Morgan fingerprint density at radius 2 is 1.81 bits per heavy atom. The highest BCUT2D eigenvalue weighted by Gasteiger charge is 2.25. The van der Waals surface area contributed by atoms with Gasteiger partial charge in [0.05, 0.1) is 6.54 Å². The molecule has 0 spiro atoms. The minimum Gasteiger partial charge on any atom is -0.352 e. The largest absolute Gasteiger partial charge is 0.352 e. The fourth-order valence-corrected chi connectivity index (χ4v) is 4.41. The van der Waals surface area contributed by atoms with Gasteiger partial charge in [0, 0.05) is 31.2 Å². The number of rotatable bonds is 8. The van der Waals surface area contributed by atoms with Gasteiger partial charge < -0.3 is 10.6 Å². The molecule has 2 aromatic rings. The Hall–Kier alpha value is -2.66. The van der Waals surface area contributed by atoms with Crippen LogP contribution in [0.2, 0.25) is 0 Å². The minimum absolute atomic E-state index is 0.0171. The van der Waals surface area contributed by atoms with Gasteiger partial charge in [-0.1, -0.05) is 62.2 Å². The molecule has 0 unspecified atom stereocenters. The zero-order valence-corrected chi connectivity index (χ0v) is 18.9. The van der Waals surface area contributed by atoms with E-state index in [1.54, 1.807) is 0 Å². The van der Waals surface area contributed by atoms with E-state index in [2.05, 4.69) is 47.6 Å². The van der Waals surface area contributed by atoms with Gasteiger partial charge in [-0.3, -0.25) is 14.5 Å². The summed E-state index contributed by atoms with van der Waals surface area (Å²) < 4.78 is 0. The van der Waals surface area contributed by atoms with Crippen molar-refractivity contribution in [2.75, 3.05) is 11.9 Å². The molecule has 1 aliphatic carbocycles. The van der Waals surface area contributed by atoms with E-state index >= 15 is 0 Å². The van der Waals surface area contributed by atoms with Gasteiger partial charge >= 0.3 is 0 Å². The Bertz CT molecular complexity index is 868. The standard InChI is InChI=1S/C26H35N3O2/c1-19-10-7-8-15-25(19)28-26(31)18-29(17-22-11-5-4-6-12-22)20(2)23-13-9-14-24(16-23)27-21(3)30/h4-6,9,11-14,16,19-20,25H,7-8,10,15,17-18H2,1-3H3,(H,27,30)(H,28,31)/t19-,20-,25+/m0/s1. The Balaban J connectivity index is 1.75. The van der Waals surface area contributed by atoms with Crippen molar-refractivity contribution in [2.24, 2.45) is 5.92 Å². The van der Waals surface area contributed by atoms with Crippen molar-refractivity contribution in [2.45, 2.75) is 65.1 Å². The lowest BCUT2D eigenvalue weighted by molar-refractivity contribution is -0.124. The third kappa shape index (κ3) is 6.93. The molecule has 0 aromatic heterocycles. The molecule has 2 amide bonds. The van der Waals surface area contributed by atoms with Gasteiger partial charge in [0.1, 0.15) is 0 Å². The average molecular weight is 422 g/mol. The van der Waals surface area contributed by atoms with Crippen LogP contribution in [-0.4, -0.2) is 29.3 Å². The number of carbonyl (C=O) groups excluding carboxylic acids is 2. The SMILES string of the molecule is CC(=O)Nc1cccc([C@H](C)N(CC(=O)N[C@@H]2CCCC[C@@H]2C)Cc2ccccc2)c1. The molecule has 1 fully saturated rings. The predicted octanol–water partition coefficient (Wildman–Crippen LogP) is 4.90. The van der Waals surface area contributed by atoms with E-state index in [0.29, 0.717) is 19.0 Å². The number of nitrogens with one attached hydrogen (secondary N) is 2. The highest BCUT2D eigenvalue weighted by molar-refractivity contribution is 5.88. The van der Waals surface area contributed by atoms with Crippen LogP contribution in [0.15, 0.2) is 54.6 Å². The molecular weight excluding hydrogens is 386 g/mol. The van der Waals surface area contributed by atoms with Gasteiger partial charge in [0.25, 0.3) is 0 Å². The van der Waals surface area contributed by atoms with Gasteiger partial charge in [-0.2, -0.15) is 0 Å². The summed E-state index contributed by atoms with van der Waals surface area (Å²) in [6.45, 7) is 6.88. The van der Waals surface area contributed by atoms with Gasteiger partial charge in [0.2, 0.25) is 11.8 Å². The Morgan fingerprint density at radius 3 is 2.52 bits per heavy atom. The molecule has 3 rings (SSSR count). The number of carbonyl (C=O) groups is 2. The minimum atomic E-state index is -0.0908. The van der Waals surface area contributed by atoms with Gasteiger partial charge in [-0.25, -0.2) is 0 Å². The number of anilines is 1. The summed E-state index contributed by atoms with van der Waals surface area (Å²) in [5, 5.41) is 6.14. The van der Waals surface area contributed by atoms with Crippen molar-refractivity contribution in [1.29, 1.82) is 0 Å². The van der Waals surface area contributed by atoms with Crippen LogP contribution in [0, 0.1) is 5.92 Å². The van der Waals surface area contributed by atoms with E-state index in [9.17, 15) is 9.59 Å². The van der Waals surface area contributed by atoms with E-state index in [4.69, 9.17) is 0 Å². The lowest BCUT2D eigenvalue weighted by Crippen LogP contribution is -2.46. The summed E-state index contributed by atoms with van der Waals surface area (Å²) in [5.41, 5.74) is 3.02. The predicted molar refractivity (Wildman–Crippen MR) is 126 cm³/mol. The lowest BCUT2D eigenvalue weighted by Gasteiger charge is -2.32. The fraction of sp³-hybridized carbons (Fsp3) is 0.462. The quantitative estimate of drug-likeness (QED) is 0.637. The highest BCUT2D eigenvalue weighted by atomic mass is 16.2. The van der Waals surface area contributed by atoms with Gasteiger partial charge in [-0.15, -0.1) is 0 Å². The second-order valence-corrected chi connectivity index (χ2v) is 8.81. The first-order chi connectivity index (χ1) is 14.9. The molecule has 0 aliphatic heterocycles. The maximum Gasteiger partial charge on any atom is 0.234 e. The van der Waals surface area contributed by atoms with Crippen molar-refractivity contribution in [3.63, 3.8) is 0 Å². The molecule has 0 saturated heterocycles. The van der Waals surface area contributed by atoms with Crippen LogP contribution in [0.3, 0.4) is 0 Å². The summed E-state index contributed by atoms with van der Waals surface area (Å²) in [5.74, 6) is 0.526. The second kappa shape index (κ2) is 11.1. The first-order valence-corrected chi connectivity index (χ1v) is 11.4. The van der Waals surface area contributed by atoms with E-state index in [1.807, 2.05) is 36.4 Å². The molecule has 31 heavy (non-hydrogen) atoms. The number of hydrogen-bond donors (Lipinski definition) is 2. The van der Waals surface area contributed by atoms with Crippen molar-refractivity contribution in [1.82, 2.24) is 10.2 Å². The van der Waals surface area contributed by atoms with Crippen LogP contribution < -0.4 is 10.6 Å². The number of nitrogens with zero attached hydrogens (tertiary/aromatic N) is 1. The number of hydrogen-bond acceptors (Lipinski definition) is 3. The van der Waals surface area contributed by atoms with Crippen LogP contribution in [0.25, 0.3) is 0 Å². The van der Waals surface area contributed by atoms with Crippen LogP contribution in [0.1, 0.15) is 63.6 Å². The highest BCUT2D eigenvalue weighted by Crippen LogP contribution is 2.26. The van der Waals surface area contributed by atoms with Gasteiger partial charge in [-0.05, 0) is 48.9 Å². The molecule has 0 radical (unpaired) electrons. The zero-order valence-electron chi connectivity index (χ0n) is 18.9. The van der Waals surface area contributed by atoms with E-state index in [-0.39, 0.29) is 23.9 Å². The first-order valence-electron chi connectivity index (χ1n) is 11.4. The number of benzene rings is 2. The van der Waals surface area contributed by atoms with Crippen molar-refractivity contribution in [3.8, 4) is 0 Å². The van der Waals surface area contributed by atoms with E-state index in [0.717, 1.165) is 17.7 Å². The topological polar surface area (TPSA) is 61.4 Å². The lowest BCUT2D eigenvalue weighted by atomic mass is 9.86. The summed E-state index contributed by atoms with van der Waals surface area (Å²) in [6.07, 6.45) is 4.70. The summed E-state index contributed by atoms with van der Waals surface area (Å²) in [6, 6.07) is 18.4. The second-order valence-electron chi connectivity index (χ2n) is 8.81. The van der Waals surface area contributed by atoms with Crippen molar-refractivity contribution in [3.05, 3.63) is 65.7 Å². The van der Waals surface area contributed by atoms with Crippen LogP contribution in [-0.2, 0) is 16.1 Å². The molecule has 0 bridgehead atoms. The Kier molecular flexibility index (Phi) is 8.24. The summed E-state index contributed by atoms with van der Waals surface area (Å²) in [7, 11) is 0. The first kappa shape index (κ1) is 23.0. The zero-order chi connectivity index (χ0) is 22.2. The maximum atomic E-state index is 13.0. The Labute approximate surface area is 186 Å². The molecule has 5 nitrogen and oxygen atoms in total. The van der Waals surface area contributed by atoms with Gasteiger partial charge in [0.15, 0.2) is 0 Å². The monoisotopic (exact) mass is 421 g/mol. The van der Waals surface area contributed by atoms with E-state index in [1.165, 1.54) is 31.7 Å². The van der Waals surface area contributed by atoms with Crippen LogP contribution in [0.4, 0.5) is 5.69 Å². The fourth-order valence-electron chi connectivity index (χ4n) is 4.41. The molecule has 2 aromatic carbocycles. The third-order valence-electron chi connectivity index (χ3n) is 6.27. The van der Waals surface area contributed by atoms with E-state index < -0.39 is 0 Å². The molecule has 1 saturated carbocycles. The number of amides is 2. The van der Waals surface area contributed by atoms with Crippen LogP contribution in [0.5, 0.6) is 0 Å². The third-order valence-corrected chi connectivity index (χ3v) is 6.27. The molecule has 3 atom stereocenters. The summed E-state index contributed by atoms with van der Waals surface area (Å²) >= 11 is 0. The molecule has 1 aliphatic rings. The van der Waals surface area contributed by atoms with Crippen molar-refractivity contribution >= 4 is 17.5 Å². The summed E-state index contributed by atoms with van der Waals surface area (Å²) in [4.78, 5) is 26.7.